The summed E-state index contributed by atoms with van der Waals surface area (Å²) in [5.41, 5.74) is 0.912. The minimum absolute atomic E-state index is 0.137. The Morgan fingerprint density at radius 3 is 2.60 bits per heavy atom. The molecule has 156 valence electrons. The zero-order valence-corrected chi connectivity index (χ0v) is 17.9. The van der Waals surface area contributed by atoms with E-state index >= 15 is 0 Å². The molecule has 8 heteroatoms. The highest BCUT2D eigenvalue weighted by molar-refractivity contribution is 7.83. The average Bonchev–Trinajstić information content (AvgIpc) is 3.22. The number of amides is 1. The second-order valence-electron chi connectivity index (χ2n) is 7.09. The maximum atomic E-state index is 12.8. The number of furan rings is 1. The topological polar surface area (TPSA) is 66.7 Å². The van der Waals surface area contributed by atoms with E-state index in [9.17, 15) is 9.00 Å². The van der Waals surface area contributed by atoms with Crippen LogP contribution in [0.5, 0.6) is 0 Å². The van der Waals surface area contributed by atoms with E-state index in [0.29, 0.717) is 29.6 Å². The second-order valence-corrected chi connectivity index (χ2v) is 8.99. The van der Waals surface area contributed by atoms with Gasteiger partial charge >= 0.3 is 0 Å². The van der Waals surface area contributed by atoms with E-state index in [2.05, 4.69) is 9.88 Å². The van der Waals surface area contributed by atoms with E-state index in [0.717, 1.165) is 24.5 Å². The van der Waals surface area contributed by atoms with Gasteiger partial charge in [-0.05, 0) is 42.0 Å². The molecule has 1 fully saturated rings. The monoisotopic (exact) mass is 443 g/mol. The Morgan fingerprint density at radius 1 is 1.03 bits per heavy atom. The Labute approximate surface area is 182 Å². The molecule has 0 bridgehead atoms. The van der Waals surface area contributed by atoms with Crippen molar-refractivity contribution in [1.29, 1.82) is 0 Å². The number of aromatic nitrogens is 1. The summed E-state index contributed by atoms with van der Waals surface area (Å²) < 4.78 is 18.2. The molecule has 0 saturated carbocycles. The van der Waals surface area contributed by atoms with Crippen LogP contribution < -0.4 is 4.90 Å². The second kappa shape index (κ2) is 9.45. The van der Waals surface area contributed by atoms with Crippen molar-refractivity contribution in [3.05, 3.63) is 82.9 Å². The quantitative estimate of drug-likeness (QED) is 0.580. The van der Waals surface area contributed by atoms with Crippen LogP contribution >= 0.6 is 11.6 Å². The number of carbonyl (C=O) groups is 1. The minimum Gasteiger partial charge on any atom is -0.455 e. The van der Waals surface area contributed by atoms with Crippen LogP contribution in [0, 0.1) is 0 Å². The lowest BCUT2D eigenvalue weighted by atomic mass is 10.2. The standard InChI is InChI=1S/C22H22ClN3O3S/c23-18-5-3-4-17(14-18)15-30(28)16-19-7-8-20(29-19)22(27)26-12-10-25(11-13-26)21-6-1-2-9-24-21/h1-9,14H,10-13,15-16H2. The third-order valence-electron chi connectivity index (χ3n) is 4.93. The fourth-order valence-corrected chi connectivity index (χ4v) is 4.77. The molecule has 0 spiro atoms. The third-order valence-corrected chi connectivity index (χ3v) is 6.43. The molecule has 2 aromatic heterocycles. The lowest BCUT2D eigenvalue weighted by Gasteiger charge is -2.34. The van der Waals surface area contributed by atoms with Crippen LogP contribution in [0.15, 0.2) is 65.2 Å². The summed E-state index contributed by atoms with van der Waals surface area (Å²) in [6, 6.07) is 16.5. The molecule has 6 nitrogen and oxygen atoms in total. The van der Waals surface area contributed by atoms with Crippen LogP contribution in [0.3, 0.4) is 0 Å². The molecular formula is C22H22ClN3O3S. The number of halogens is 1. The predicted octanol–water partition coefficient (Wildman–Crippen LogP) is 3.74. The van der Waals surface area contributed by atoms with Gasteiger partial charge in [0.1, 0.15) is 11.6 Å². The van der Waals surface area contributed by atoms with Gasteiger partial charge in [-0.1, -0.05) is 29.8 Å². The largest absolute Gasteiger partial charge is 0.455 e. The van der Waals surface area contributed by atoms with E-state index in [4.69, 9.17) is 16.0 Å². The molecule has 1 aliphatic heterocycles. The highest BCUT2D eigenvalue weighted by atomic mass is 35.5. The van der Waals surface area contributed by atoms with Gasteiger partial charge in [0.25, 0.3) is 5.91 Å². The number of hydrogen-bond donors (Lipinski definition) is 0. The van der Waals surface area contributed by atoms with Crippen LogP contribution in [0.1, 0.15) is 21.9 Å². The summed E-state index contributed by atoms with van der Waals surface area (Å²) in [5.74, 6) is 2.27. The number of pyridine rings is 1. The van der Waals surface area contributed by atoms with Crippen molar-refractivity contribution in [3.63, 3.8) is 0 Å². The first-order valence-electron chi connectivity index (χ1n) is 9.72. The van der Waals surface area contributed by atoms with Gasteiger partial charge in [0.15, 0.2) is 5.76 Å². The number of rotatable bonds is 6. The highest BCUT2D eigenvalue weighted by Gasteiger charge is 2.25. The van der Waals surface area contributed by atoms with Crippen LogP contribution in [0.2, 0.25) is 5.02 Å². The van der Waals surface area contributed by atoms with Crippen molar-refractivity contribution >= 4 is 34.1 Å². The van der Waals surface area contributed by atoms with Crippen molar-refractivity contribution in [3.8, 4) is 0 Å². The maximum absolute atomic E-state index is 12.8. The zero-order valence-electron chi connectivity index (χ0n) is 16.4. The Hall–Kier alpha value is -2.64. The van der Waals surface area contributed by atoms with Gasteiger partial charge in [0.05, 0.1) is 5.75 Å². The molecule has 3 aromatic rings. The summed E-state index contributed by atoms with van der Waals surface area (Å²) in [7, 11) is -1.15. The van der Waals surface area contributed by atoms with E-state index in [1.54, 1.807) is 35.4 Å². The van der Waals surface area contributed by atoms with Crippen LogP contribution in [-0.2, 0) is 22.3 Å². The van der Waals surface area contributed by atoms with Gasteiger partial charge in [0.2, 0.25) is 0 Å². The summed E-state index contributed by atoms with van der Waals surface area (Å²) >= 11 is 5.98. The summed E-state index contributed by atoms with van der Waals surface area (Å²) in [6.45, 7) is 2.65. The van der Waals surface area contributed by atoms with Gasteiger partial charge in [0, 0.05) is 54.0 Å². The third kappa shape index (κ3) is 5.09. The van der Waals surface area contributed by atoms with Crippen molar-refractivity contribution in [2.45, 2.75) is 11.5 Å². The number of piperazine rings is 1. The zero-order chi connectivity index (χ0) is 20.9. The first-order valence-corrected chi connectivity index (χ1v) is 11.6. The first-order chi connectivity index (χ1) is 14.6. The molecule has 1 saturated heterocycles. The van der Waals surface area contributed by atoms with Crippen LogP contribution in [0.4, 0.5) is 5.82 Å². The lowest BCUT2D eigenvalue weighted by Crippen LogP contribution is -2.49. The Bertz CT molecular complexity index is 1030. The van der Waals surface area contributed by atoms with Gasteiger partial charge in [-0.15, -0.1) is 0 Å². The first kappa shape index (κ1) is 20.6. The van der Waals surface area contributed by atoms with Crippen LogP contribution in [-0.4, -0.2) is 46.2 Å². The van der Waals surface area contributed by atoms with Crippen molar-refractivity contribution < 1.29 is 13.4 Å². The van der Waals surface area contributed by atoms with Crippen LogP contribution in [0.25, 0.3) is 0 Å². The molecule has 1 atom stereocenters. The fourth-order valence-electron chi connectivity index (χ4n) is 3.43. The molecule has 1 aromatic carbocycles. The molecule has 1 aliphatic rings. The van der Waals surface area contributed by atoms with Crippen molar-refractivity contribution in [2.24, 2.45) is 0 Å². The Balaban J connectivity index is 1.31. The number of carbonyl (C=O) groups excluding carboxylic acids is 1. The minimum atomic E-state index is -1.15. The molecule has 0 aliphatic carbocycles. The van der Waals surface area contributed by atoms with Crippen molar-refractivity contribution in [1.82, 2.24) is 9.88 Å². The Morgan fingerprint density at radius 2 is 1.87 bits per heavy atom. The maximum Gasteiger partial charge on any atom is 0.289 e. The smallest absolute Gasteiger partial charge is 0.289 e. The fraction of sp³-hybridized carbons (Fsp3) is 0.273. The van der Waals surface area contributed by atoms with Gasteiger partial charge < -0.3 is 14.2 Å². The van der Waals surface area contributed by atoms with E-state index < -0.39 is 10.8 Å². The molecule has 1 amide bonds. The average molecular weight is 444 g/mol. The molecule has 1 unspecified atom stereocenters. The van der Waals surface area contributed by atoms with Gasteiger partial charge in [-0.3, -0.25) is 9.00 Å². The van der Waals surface area contributed by atoms with Gasteiger partial charge in [-0.2, -0.15) is 0 Å². The molecule has 0 radical (unpaired) electrons. The number of benzene rings is 1. The molecular weight excluding hydrogens is 422 g/mol. The van der Waals surface area contributed by atoms with E-state index in [1.165, 1.54) is 0 Å². The lowest BCUT2D eigenvalue weighted by molar-refractivity contribution is 0.0713. The number of anilines is 1. The van der Waals surface area contributed by atoms with E-state index in [1.807, 2.05) is 30.3 Å². The van der Waals surface area contributed by atoms with Gasteiger partial charge in [-0.25, -0.2) is 4.98 Å². The molecule has 0 N–H and O–H groups in total. The Kier molecular flexibility index (Phi) is 6.50. The SMILES string of the molecule is O=C(c1ccc(CS(=O)Cc2cccc(Cl)c2)o1)N1CCN(c2ccccn2)CC1. The highest BCUT2D eigenvalue weighted by Crippen LogP contribution is 2.18. The molecule has 30 heavy (non-hydrogen) atoms. The summed E-state index contributed by atoms with van der Waals surface area (Å²) in [5, 5.41) is 0.624. The number of hydrogen-bond acceptors (Lipinski definition) is 5. The summed E-state index contributed by atoms with van der Waals surface area (Å²) in [6.07, 6.45) is 1.77. The van der Waals surface area contributed by atoms with E-state index in [-0.39, 0.29) is 17.4 Å². The molecule has 3 heterocycles. The summed E-state index contributed by atoms with van der Waals surface area (Å²) in [4.78, 5) is 21.1. The predicted molar refractivity (Wildman–Crippen MR) is 118 cm³/mol. The normalized spacial score (nSPS) is 15.2. The number of nitrogens with zero attached hydrogens (tertiary/aromatic N) is 3. The van der Waals surface area contributed by atoms with Crippen molar-refractivity contribution in [2.75, 3.05) is 31.1 Å². The molecule has 4 rings (SSSR count).